The molecule has 3 aromatic rings. The highest BCUT2D eigenvalue weighted by molar-refractivity contribution is 8.14. The molecule has 0 saturated heterocycles. The number of thioether (sulfide) groups is 1. The quantitative estimate of drug-likeness (QED) is 0.500. The highest BCUT2D eigenvalue weighted by atomic mass is 32.2. The number of hydrogen-bond acceptors (Lipinski definition) is 7. The predicted octanol–water partition coefficient (Wildman–Crippen LogP) is 4.59. The van der Waals surface area contributed by atoms with Crippen LogP contribution in [0.2, 0.25) is 0 Å². The summed E-state index contributed by atoms with van der Waals surface area (Å²) >= 11 is 1.21. The van der Waals surface area contributed by atoms with Gasteiger partial charge in [0.1, 0.15) is 0 Å². The maximum atomic E-state index is 12.7. The molecule has 2 aromatic carbocycles. The van der Waals surface area contributed by atoms with Crippen molar-refractivity contribution in [1.29, 1.82) is 0 Å². The molecule has 0 bridgehead atoms. The highest BCUT2D eigenvalue weighted by Gasteiger charge is 2.30. The van der Waals surface area contributed by atoms with E-state index in [2.05, 4.69) is 15.4 Å². The smallest absolute Gasteiger partial charge is 0.302 e. The zero-order valence-electron chi connectivity index (χ0n) is 19.2. The molecule has 35 heavy (non-hydrogen) atoms. The molecule has 4 rings (SSSR count). The summed E-state index contributed by atoms with van der Waals surface area (Å²) in [7, 11) is -3.30. The van der Waals surface area contributed by atoms with Gasteiger partial charge in [-0.2, -0.15) is 5.10 Å². The van der Waals surface area contributed by atoms with Crippen LogP contribution in [0.25, 0.3) is 0 Å². The van der Waals surface area contributed by atoms with Gasteiger partial charge < -0.3 is 5.32 Å². The topological polar surface area (TPSA) is 109 Å². The molecular weight excluding hydrogens is 484 g/mol. The van der Waals surface area contributed by atoms with Crippen LogP contribution in [-0.2, 0) is 16.4 Å². The first kappa shape index (κ1) is 24.6. The van der Waals surface area contributed by atoms with Gasteiger partial charge in [0.2, 0.25) is 0 Å². The van der Waals surface area contributed by atoms with E-state index >= 15 is 0 Å². The van der Waals surface area contributed by atoms with Crippen molar-refractivity contribution in [3.05, 3.63) is 89.7 Å². The van der Waals surface area contributed by atoms with Gasteiger partial charge in [-0.3, -0.25) is 14.6 Å². The van der Waals surface area contributed by atoms with Gasteiger partial charge in [0.15, 0.2) is 9.84 Å². The number of anilines is 1. The summed E-state index contributed by atoms with van der Waals surface area (Å²) in [5.41, 5.74) is 3.46. The van der Waals surface area contributed by atoms with Crippen molar-refractivity contribution in [2.75, 3.05) is 11.6 Å². The Balaban J connectivity index is 1.50. The van der Waals surface area contributed by atoms with Crippen LogP contribution in [0, 0.1) is 0 Å². The van der Waals surface area contributed by atoms with E-state index in [1.165, 1.54) is 29.2 Å². The number of amides is 2. The van der Waals surface area contributed by atoms with Crippen molar-refractivity contribution in [3.63, 3.8) is 0 Å². The number of carbonyl (C=O) groups is 2. The zero-order chi connectivity index (χ0) is 25.0. The van der Waals surface area contributed by atoms with Gasteiger partial charge in [-0.05, 0) is 53.9 Å². The van der Waals surface area contributed by atoms with Crippen molar-refractivity contribution in [3.8, 4) is 0 Å². The molecule has 180 valence electrons. The monoisotopic (exact) mass is 508 g/mol. The minimum Gasteiger partial charge on any atom is -0.322 e. The fourth-order valence-corrected chi connectivity index (χ4v) is 5.10. The van der Waals surface area contributed by atoms with E-state index < -0.39 is 9.84 Å². The second-order valence-electron chi connectivity index (χ2n) is 8.01. The third kappa shape index (κ3) is 5.95. The van der Waals surface area contributed by atoms with Crippen LogP contribution in [0.1, 0.15) is 34.8 Å². The first-order valence-corrected chi connectivity index (χ1v) is 13.7. The summed E-state index contributed by atoms with van der Waals surface area (Å²) in [6.45, 7) is 2.25. The number of carbonyl (C=O) groups excluding carboxylic acids is 2. The van der Waals surface area contributed by atoms with E-state index in [0.717, 1.165) is 16.8 Å². The molecule has 0 aliphatic carbocycles. The van der Waals surface area contributed by atoms with E-state index in [4.69, 9.17) is 0 Å². The summed E-state index contributed by atoms with van der Waals surface area (Å²) < 4.78 is 23.6. The molecule has 1 unspecified atom stereocenters. The van der Waals surface area contributed by atoms with E-state index in [1.54, 1.807) is 54.7 Å². The largest absolute Gasteiger partial charge is 0.322 e. The van der Waals surface area contributed by atoms with Crippen molar-refractivity contribution >= 4 is 44.1 Å². The van der Waals surface area contributed by atoms with Crippen LogP contribution in [0.5, 0.6) is 0 Å². The highest BCUT2D eigenvalue weighted by Crippen LogP contribution is 2.30. The lowest BCUT2D eigenvalue weighted by Gasteiger charge is -2.28. The number of benzene rings is 2. The summed E-state index contributed by atoms with van der Waals surface area (Å²) in [6, 6.07) is 17.2. The Morgan fingerprint density at radius 3 is 2.40 bits per heavy atom. The SMILES string of the molecule is CCC1SC(=O)N(Cc2ccc(NC(=O)c3cccnc3)cc2)N=C1c1ccc(S(C)(=O)=O)cc1. The van der Waals surface area contributed by atoms with Gasteiger partial charge in [-0.15, -0.1) is 0 Å². The Morgan fingerprint density at radius 1 is 1.09 bits per heavy atom. The van der Waals surface area contributed by atoms with Gasteiger partial charge in [-0.1, -0.05) is 43.0 Å². The predicted molar refractivity (Wildman–Crippen MR) is 137 cm³/mol. The molecule has 0 spiro atoms. The van der Waals surface area contributed by atoms with E-state index in [-0.39, 0.29) is 27.8 Å². The molecule has 0 fully saturated rings. The van der Waals surface area contributed by atoms with E-state index in [9.17, 15) is 18.0 Å². The molecule has 10 heteroatoms. The Kier molecular flexibility index (Phi) is 7.32. The summed E-state index contributed by atoms with van der Waals surface area (Å²) in [6.07, 6.45) is 4.98. The number of nitrogens with one attached hydrogen (secondary N) is 1. The van der Waals surface area contributed by atoms with E-state index in [1.807, 2.05) is 19.1 Å². The number of nitrogens with zero attached hydrogens (tertiary/aromatic N) is 3. The van der Waals surface area contributed by atoms with Crippen LogP contribution >= 0.6 is 11.8 Å². The average molecular weight is 509 g/mol. The number of hydrogen-bond donors (Lipinski definition) is 1. The van der Waals surface area contributed by atoms with Crippen molar-refractivity contribution in [2.45, 2.75) is 30.0 Å². The molecule has 2 heterocycles. The maximum Gasteiger partial charge on any atom is 0.302 e. The second kappa shape index (κ2) is 10.4. The number of hydrazone groups is 1. The Bertz CT molecular complexity index is 1360. The van der Waals surface area contributed by atoms with Gasteiger partial charge >= 0.3 is 5.24 Å². The van der Waals surface area contributed by atoms with Crippen LogP contribution in [0.3, 0.4) is 0 Å². The molecule has 1 aliphatic rings. The molecule has 2 amide bonds. The third-order valence-corrected chi connectivity index (χ3v) is 7.79. The Morgan fingerprint density at radius 2 is 1.80 bits per heavy atom. The molecule has 0 saturated carbocycles. The van der Waals surface area contributed by atoms with Gasteiger partial charge in [-0.25, -0.2) is 13.4 Å². The fraction of sp³-hybridized carbons (Fsp3) is 0.200. The fourth-order valence-electron chi connectivity index (χ4n) is 3.53. The first-order valence-electron chi connectivity index (χ1n) is 10.9. The average Bonchev–Trinajstić information content (AvgIpc) is 2.86. The minimum absolute atomic E-state index is 0.118. The summed E-state index contributed by atoms with van der Waals surface area (Å²) in [5, 5.41) is 8.61. The molecular formula is C25H24N4O4S2. The minimum atomic E-state index is -3.30. The normalized spacial score (nSPS) is 16.1. The first-order chi connectivity index (χ1) is 16.7. The van der Waals surface area contributed by atoms with Crippen LogP contribution in [0.4, 0.5) is 10.5 Å². The van der Waals surface area contributed by atoms with Gasteiger partial charge in [0.05, 0.1) is 28.0 Å². The zero-order valence-corrected chi connectivity index (χ0v) is 20.8. The van der Waals surface area contributed by atoms with Crippen molar-refractivity contribution in [2.24, 2.45) is 5.10 Å². The van der Waals surface area contributed by atoms with Crippen LogP contribution in [-0.4, -0.2) is 46.8 Å². The number of aromatic nitrogens is 1. The number of pyridine rings is 1. The molecule has 1 N–H and O–H groups in total. The third-order valence-electron chi connectivity index (χ3n) is 5.40. The van der Waals surface area contributed by atoms with Gasteiger partial charge in [0.25, 0.3) is 5.91 Å². The summed E-state index contributed by atoms with van der Waals surface area (Å²) in [4.78, 5) is 29.2. The Labute approximate surface area is 208 Å². The molecule has 8 nitrogen and oxygen atoms in total. The summed E-state index contributed by atoms with van der Waals surface area (Å²) in [5.74, 6) is -0.254. The van der Waals surface area contributed by atoms with E-state index in [0.29, 0.717) is 17.7 Å². The molecule has 1 aromatic heterocycles. The second-order valence-corrected chi connectivity index (χ2v) is 11.2. The lowest BCUT2D eigenvalue weighted by molar-refractivity contribution is 0.102. The van der Waals surface area contributed by atoms with Crippen LogP contribution < -0.4 is 5.32 Å². The maximum absolute atomic E-state index is 12.7. The van der Waals surface area contributed by atoms with Crippen LogP contribution in [0.15, 0.2) is 83.1 Å². The molecule has 0 radical (unpaired) electrons. The lowest BCUT2D eigenvalue weighted by Crippen LogP contribution is -2.34. The number of sulfone groups is 1. The van der Waals surface area contributed by atoms with Crippen molar-refractivity contribution in [1.82, 2.24) is 9.99 Å². The Hall–Kier alpha value is -3.50. The molecule has 1 atom stereocenters. The molecule has 1 aliphatic heterocycles. The number of rotatable bonds is 7. The standard InChI is InChI=1S/C25H24N4O4S2/c1-3-22-23(18-8-12-21(13-9-18)35(2,32)33)28-29(25(31)34-22)16-17-6-10-20(11-7-17)27-24(30)19-5-4-14-26-15-19/h4-15,22H,3,16H2,1-2H3,(H,27,30). The lowest BCUT2D eigenvalue weighted by atomic mass is 10.1. The van der Waals surface area contributed by atoms with Crippen molar-refractivity contribution < 1.29 is 18.0 Å². The van der Waals surface area contributed by atoms with Gasteiger partial charge in [0, 0.05) is 24.3 Å².